The molecular weight excluding hydrogens is 318 g/mol. The maximum Gasteiger partial charge on any atom is 0.236 e. The van der Waals surface area contributed by atoms with Gasteiger partial charge in [0.05, 0.1) is 6.54 Å². The third-order valence-corrected chi connectivity index (χ3v) is 4.94. The molecule has 0 aliphatic carbocycles. The summed E-state index contributed by atoms with van der Waals surface area (Å²) in [5, 5.41) is 0. The molecule has 0 saturated carbocycles. The van der Waals surface area contributed by atoms with Crippen molar-refractivity contribution < 1.29 is 14.3 Å². The fraction of sp³-hybridized carbons (Fsp3) is 0.632. The summed E-state index contributed by atoms with van der Waals surface area (Å²) in [6.45, 7) is 8.64. The molecule has 0 N–H and O–H groups in total. The molecule has 0 atom stereocenters. The highest BCUT2D eigenvalue weighted by molar-refractivity contribution is 5.77. The molecule has 1 saturated heterocycles. The number of carbonyl (C=O) groups excluding carboxylic acids is 1. The summed E-state index contributed by atoms with van der Waals surface area (Å²) in [5.41, 5.74) is 1.24. The lowest BCUT2D eigenvalue weighted by Gasteiger charge is -2.35. The Kier molecular flexibility index (Phi) is 6.15. The first-order valence-electron chi connectivity index (χ1n) is 9.23. The van der Waals surface area contributed by atoms with Gasteiger partial charge in [-0.15, -0.1) is 0 Å². The average Bonchev–Trinajstić information content (AvgIpc) is 3.09. The van der Waals surface area contributed by atoms with Gasteiger partial charge in [-0.3, -0.25) is 14.6 Å². The summed E-state index contributed by atoms with van der Waals surface area (Å²) in [5.74, 6) is 1.91. The lowest BCUT2D eigenvalue weighted by molar-refractivity contribution is -0.131. The highest BCUT2D eigenvalue weighted by Crippen LogP contribution is 2.32. The number of ether oxygens (including phenoxy) is 2. The van der Waals surface area contributed by atoms with Crippen LogP contribution in [0.1, 0.15) is 25.3 Å². The number of fused-ring (bicyclic) bond motifs is 1. The van der Waals surface area contributed by atoms with Gasteiger partial charge in [-0.05, 0) is 24.1 Å². The molecule has 1 amide bonds. The monoisotopic (exact) mass is 347 g/mol. The molecule has 138 valence electrons. The highest BCUT2D eigenvalue weighted by atomic mass is 16.7. The van der Waals surface area contributed by atoms with E-state index in [2.05, 4.69) is 28.9 Å². The van der Waals surface area contributed by atoms with Crippen molar-refractivity contribution in [2.45, 2.75) is 26.3 Å². The predicted octanol–water partition coefficient (Wildman–Crippen LogP) is 1.79. The van der Waals surface area contributed by atoms with Gasteiger partial charge in [-0.2, -0.15) is 0 Å². The first-order valence-corrected chi connectivity index (χ1v) is 9.23. The lowest BCUT2D eigenvalue weighted by Crippen LogP contribution is -2.49. The van der Waals surface area contributed by atoms with Crippen LogP contribution in [-0.2, 0) is 11.3 Å². The summed E-state index contributed by atoms with van der Waals surface area (Å²) in [7, 11) is 1.91. The molecule has 2 aliphatic heterocycles. The smallest absolute Gasteiger partial charge is 0.236 e. The summed E-state index contributed by atoms with van der Waals surface area (Å²) in [4.78, 5) is 18.8. The zero-order valence-electron chi connectivity index (χ0n) is 15.4. The average molecular weight is 347 g/mol. The minimum absolute atomic E-state index is 0.234. The standard InChI is InChI=1S/C19H29N3O3/c1-3-4-7-20(2)19(23)14-22-10-8-21(9-11-22)13-16-5-6-17-18(12-16)25-15-24-17/h5-6,12H,3-4,7-11,13-15H2,1-2H3. The van der Waals surface area contributed by atoms with Crippen LogP contribution in [0.25, 0.3) is 0 Å². The van der Waals surface area contributed by atoms with E-state index < -0.39 is 0 Å². The second-order valence-electron chi connectivity index (χ2n) is 6.91. The zero-order valence-corrected chi connectivity index (χ0v) is 15.4. The molecule has 1 fully saturated rings. The first-order chi connectivity index (χ1) is 12.2. The van der Waals surface area contributed by atoms with E-state index in [4.69, 9.17) is 9.47 Å². The molecule has 0 radical (unpaired) electrons. The van der Waals surface area contributed by atoms with E-state index in [0.29, 0.717) is 13.3 Å². The van der Waals surface area contributed by atoms with Gasteiger partial charge in [0, 0.05) is 46.3 Å². The van der Waals surface area contributed by atoms with Crippen molar-refractivity contribution in [1.82, 2.24) is 14.7 Å². The number of hydrogen-bond acceptors (Lipinski definition) is 5. The molecule has 2 aliphatic rings. The van der Waals surface area contributed by atoms with Crippen molar-refractivity contribution in [1.29, 1.82) is 0 Å². The molecule has 0 spiro atoms. The molecule has 0 bridgehead atoms. The Labute approximate surface area is 150 Å². The molecule has 25 heavy (non-hydrogen) atoms. The minimum atomic E-state index is 0.234. The third kappa shape index (κ3) is 4.86. The molecule has 6 heteroatoms. The van der Waals surface area contributed by atoms with Crippen molar-refractivity contribution in [3.05, 3.63) is 23.8 Å². The number of likely N-dealkylation sites (N-methyl/N-ethyl adjacent to an activating group) is 1. The molecule has 3 rings (SSSR count). The molecule has 6 nitrogen and oxygen atoms in total. The number of rotatable bonds is 7. The first kappa shape index (κ1) is 18.0. The molecule has 0 aromatic heterocycles. The number of benzene rings is 1. The Bertz CT molecular complexity index is 585. The van der Waals surface area contributed by atoms with Crippen molar-refractivity contribution in [3.63, 3.8) is 0 Å². The Balaban J connectivity index is 1.42. The Morgan fingerprint density at radius 1 is 1.12 bits per heavy atom. The Morgan fingerprint density at radius 2 is 1.84 bits per heavy atom. The van der Waals surface area contributed by atoms with Crippen molar-refractivity contribution in [2.75, 3.05) is 53.1 Å². The Morgan fingerprint density at radius 3 is 2.60 bits per heavy atom. The maximum absolute atomic E-state index is 12.2. The van der Waals surface area contributed by atoms with E-state index in [1.54, 1.807) is 0 Å². The van der Waals surface area contributed by atoms with E-state index in [9.17, 15) is 4.79 Å². The van der Waals surface area contributed by atoms with Gasteiger partial charge in [0.2, 0.25) is 12.7 Å². The zero-order chi connectivity index (χ0) is 17.6. The second kappa shape index (κ2) is 8.54. The van der Waals surface area contributed by atoms with Crippen LogP contribution < -0.4 is 9.47 Å². The summed E-state index contributed by atoms with van der Waals surface area (Å²) in [6, 6.07) is 6.16. The molecule has 1 aromatic rings. The number of hydrogen-bond donors (Lipinski definition) is 0. The third-order valence-electron chi connectivity index (χ3n) is 4.94. The van der Waals surface area contributed by atoms with Gasteiger partial charge < -0.3 is 14.4 Å². The van der Waals surface area contributed by atoms with E-state index in [0.717, 1.165) is 63.6 Å². The topological polar surface area (TPSA) is 45.3 Å². The van der Waals surface area contributed by atoms with Gasteiger partial charge in [-0.1, -0.05) is 19.4 Å². The number of piperazine rings is 1. The van der Waals surface area contributed by atoms with Crippen LogP contribution in [-0.4, -0.2) is 73.7 Å². The molecule has 1 aromatic carbocycles. The van der Waals surface area contributed by atoms with Crippen LogP contribution in [0.5, 0.6) is 11.5 Å². The van der Waals surface area contributed by atoms with Gasteiger partial charge >= 0.3 is 0 Å². The van der Waals surface area contributed by atoms with Gasteiger partial charge in [0.1, 0.15) is 0 Å². The fourth-order valence-corrected chi connectivity index (χ4v) is 3.24. The number of carbonyl (C=O) groups is 1. The van der Waals surface area contributed by atoms with Crippen molar-refractivity contribution >= 4 is 5.91 Å². The molecule has 2 heterocycles. The maximum atomic E-state index is 12.2. The Hall–Kier alpha value is -1.79. The lowest BCUT2D eigenvalue weighted by atomic mass is 10.1. The van der Waals surface area contributed by atoms with Crippen molar-refractivity contribution in [3.8, 4) is 11.5 Å². The van der Waals surface area contributed by atoms with Gasteiger partial charge in [0.15, 0.2) is 11.5 Å². The SMILES string of the molecule is CCCCN(C)C(=O)CN1CCN(Cc2ccc3c(c2)OCO3)CC1. The van der Waals surface area contributed by atoms with Crippen LogP contribution in [0.3, 0.4) is 0 Å². The van der Waals surface area contributed by atoms with Crippen LogP contribution in [0, 0.1) is 0 Å². The van der Waals surface area contributed by atoms with Gasteiger partial charge in [0.25, 0.3) is 0 Å². The minimum Gasteiger partial charge on any atom is -0.454 e. The number of nitrogens with zero attached hydrogens (tertiary/aromatic N) is 3. The van der Waals surface area contributed by atoms with E-state index >= 15 is 0 Å². The summed E-state index contributed by atoms with van der Waals surface area (Å²) < 4.78 is 10.8. The predicted molar refractivity (Wildman–Crippen MR) is 96.8 cm³/mol. The second-order valence-corrected chi connectivity index (χ2v) is 6.91. The fourth-order valence-electron chi connectivity index (χ4n) is 3.24. The summed E-state index contributed by atoms with van der Waals surface area (Å²) in [6.07, 6.45) is 2.20. The van der Waals surface area contributed by atoms with Crippen molar-refractivity contribution in [2.24, 2.45) is 0 Å². The van der Waals surface area contributed by atoms with E-state index in [1.165, 1.54) is 5.56 Å². The largest absolute Gasteiger partial charge is 0.454 e. The quantitative estimate of drug-likeness (QED) is 0.752. The summed E-state index contributed by atoms with van der Waals surface area (Å²) >= 11 is 0. The normalized spacial score (nSPS) is 17.7. The van der Waals surface area contributed by atoms with Crippen LogP contribution in [0.15, 0.2) is 18.2 Å². The van der Waals surface area contributed by atoms with Crippen LogP contribution in [0.4, 0.5) is 0 Å². The van der Waals surface area contributed by atoms with Crippen LogP contribution in [0.2, 0.25) is 0 Å². The van der Waals surface area contributed by atoms with E-state index in [-0.39, 0.29) is 5.91 Å². The molecule has 0 unspecified atom stereocenters. The number of unbranched alkanes of at least 4 members (excludes halogenated alkanes) is 1. The molecular formula is C19H29N3O3. The number of amides is 1. The van der Waals surface area contributed by atoms with E-state index in [1.807, 2.05) is 18.0 Å². The van der Waals surface area contributed by atoms with Crippen LogP contribution >= 0.6 is 0 Å². The van der Waals surface area contributed by atoms with Gasteiger partial charge in [-0.25, -0.2) is 0 Å². The highest BCUT2D eigenvalue weighted by Gasteiger charge is 2.21.